The first-order chi connectivity index (χ1) is 14.1. The van der Waals surface area contributed by atoms with E-state index in [9.17, 15) is 4.39 Å². The Labute approximate surface area is 173 Å². The normalized spacial score (nSPS) is 20.9. The van der Waals surface area contributed by atoms with E-state index >= 15 is 0 Å². The lowest BCUT2D eigenvalue weighted by Gasteiger charge is -2.44. The van der Waals surface area contributed by atoms with Gasteiger partial charge in [0.1, 0.15) is 17.5 Å². The summed E-state index contributed by atoms with van der Waals surface area (Å²) in [5.74, 6) is 1.89. The van der Waals surface area contributed by atoms with Gasteiger partial charge in [0, 0.05) is 69.2 Å². The van der Waals surface area contributed by atoms with Gasteiger partial charge in [-0.05, 0) is 50.5 Å². The van der Waals surface area contributed by atoms with Crippen molar-refractivity contribution in [2.75, 3.05) is 49.1 Å². The molecule has 1 aromatic heterocycles. The number of nitrogens with zero attached hydrogens (tertiary/aromatic N) is 5. The zero-order chi connectivity index (χ0) is 20.2. The molecule has 1 aromatic carbocycles. The van der Waals surface area contributed by atoms with Gasteiger partial charge in [0.05, 0.1) is 0 Å². The number of piperazine rings is 1. The highest BCUT2D eigenvalue weighted by molar-refractivity contribution is 5.46. The molecule has 156 valence electrons. The van der Waals surface area contributed by atoms with E-state index in [-0.39, 0.29) is 5.82 Å². The molecular formula is C23H32FN5. The van der Waals surface area contributed by atoms with Crippen LogP contribution < -0.4 is 9.80 Å². The predicted molar refractivity (Wildman–Crippen MR) is 116 cm³/mol. The van der Waals surface area contributed by atoms with Crippen LogP contribution >= 0.6 is 0 Å². The van der Waals surface area contributed by atoms with Crippen molar-refractivity contribution in [1.82, 2.24) is 14.9 Å². The first-order valence-corrected chi connectivity index (χ1v) is 11.0. The van der Waals surface area contributed by atoms with E-state index in [0.29, 0.717) is 6.04 Å². The Kier molecular flexibility index (Phi) is 6.28. The largest absolute Gasteiger partial charge is 0.369 e. The van der Waals surface area contributed by atoms with Crippen molar-refractivity contribution >= 4 is 11.5 Å². The van der Waals surface area contributed by atoms with E-state index < -0.39 is 0 Å². The van der Waals surface area contributed by atoms with E-state index in [0.717, 1.165) is 75.1 Å². The molecule has 0 bridgehead atoms. The molecule has 2 aliphatic heterocycles. The molecule has 4 rings (SSSR count). The van der Waals surface area contributed by atoms with Gasteiger partial charge in [-0.15, -0.1) is 0 Å². The van der Waals surface area contributed by atoms with Crippen molar-refractivity contribution < 1.29 is 4.39 Å². The minimum Gasteiger partial charge on any atom is -0.369 e. The van der Waals surface area contributed by atoms with Gasteiger partial charge in [0.15, 0.2) is 0 Å². The van der Waals surface area contributed by atoms with Crippen molar-refractivity contribution in [2.45, 2.75) is 45.6 Å². The van der Waals surface area contributed by atoms with E-state index in [1.54, 1.807) is 12.1 Å². The summed E-state index contributed by atoms with van der Waals surface area (Å²) in [6, 6.07) is 9.59. The maximum absolute atomic E-state index is 13.2. The highest BCUT2D eigenvalue weighted by Crippen LogP contribution is 2.24. The monoisotopic (exact) mass is 397 g/mol. The maximum atomic E-state index is 13.2. The van der Waals surface area contributed by atoms with Crippen LogP contribution in [0.2, 0.25) is 0 Å². The zero-order valence-corrected chi connectivity index (χ0v) is 17.6. The quantitative estimate of drug-likeness (QED) is 0.769. The number of halogens is 1. The van der Waals surface area contributed by atoms with Gasteiger partial charge in [0.25, 0.3) is 0 Å². The summed E-state index contributed by atoms with van der Waals surface area (Å²) in [4.78, 5) is 16.9. The van der Waals surface area contributed by atoms with Crippen LogP contribution in [-0.4, -0.2) is 60.2 Å². The topological polar surface area (TPSA) is 35.5 Å². The summed E-state index contributed by atoms with van der Waals surface area (Å²) < 4.78 is 13.2. The van der Waals surface area contributed by atoms with Crippen molar-refractivity contribution in [1.29, 1.82) is 0 Å². The van der Waals surface area contributed by atoms with Crippen LogP contribution in [0.1, 0.15) is 37.7 Å². The molecule has 1 unspecified atom stereocenters. The average molecular weight is 398 g/mol. The lowest BCUT2D eigenvalue weighted by molar-refractivity contribution is 0.166. The highest BCUT2D eigenvalue weighted by atomic mass is 19.1. The third-order valence-electron chi connectivity index (χ3n) is 6.10. The number of aryl methyl sites for hydroxylation is 2. The number of aromatic nitrogens is 2. The van der Waals surface area contributed by atoms with Crippen LogP contribution in [0.5, 0.6) is 0 Å². The van der Waals surface area contributed by atoms with Crippen LogP contribution in [0, 0.1) is 12.7 Å². The molecule has 2 fully saturated rings. The number of hydrogen-bond donors (Lipinski definition) is 0. The Balaban J connectivity index is 1.37. The average Bonchev–Trinajstić information content (AvgIpc) is 2.74. The van der Waals surface area contributed by atoms with Crippen molar-refractivity contribution in [3.05, 3.63) is 47.7 Å². The van der Waals surface area contributed by atoms with Gasteiger partial charge in [-0.2, -0.15) is 0 Å². The smallest absolute Gasteiger partial charge is 0.132 e. The molecule has 0 amide bonds. The van der Waals surface area contributed by atoms with Gasteiger partial charge in [-0.1, -0.05) is 6.92 Å². The number of rotatable bonds is 5. The fourth-order valence-electron chi connectivity index (χ4n) is 4.57. The van der Waals surface area contributed by atoms with Crippen LogP contribution in [-0.2, 0) is 6.42 Å². The number of anilines is 2. The van der Waals surface area contributed by atoms with E-state index in [1.807, 2.05) is 12.1 Å². The molecule has 2 saturated heterocycles. The third kappa shape index (κ3) is 4.86. The Bertz CT molecular complexity index is 801. The molecule has 5 nitrogen and oxygen atoms in total. The van der Waals surface area contributed by atoms with Crippen LogP contribution in [0.15, 0.2) is 30.3 Å². The Hall–Kier alpha value is -2.21. The summed E-state index contributed by atoms with van der Waals surface area (Å²) in [6.45, 7) is 10.5. The van der Waals surface area contributed by atoms with Gasteiger partial charge in [0.2, 0.25) is 0 Å². The SMILES string of the molecule is CCCc1nc(C)cc(N2CCCC(N3CCN(c4ccc(F)cc4)CC3)C2)n1. The number of piperidine rings is 1. The molecule has 0 radical (unpaired) electrons. The molecule has 0 N–H and O–H groups in total. The molecule has 0 aliphatic carbocycles. The maximum Gasteiger partial charge on any atom is 0.132 e. The molecule has 2 aliphatic rings. The molecule has 6 heteroatoms. The Morgan fingerprint density at radius 1 is 1.00 bits per heavy atom. The number of hydrogen-bond acceptors (Lipinski definition) is 5. The summed E-state index contributed by atoms with van der Waals surface area (Å²) in [7, 11) is 0. The van der Waals surface area contributed by atoms with Gasteiger partial charge in [-0.25, -0.2) is 14.4 Å². The summed E-state index contributed by atoms with van der Waals surface area (Å²) in [5, 5.41) is 0. The fourth-order valence-corrected chi connectivity index (χ4v) is 4.57. The predicted octanol–water partition coefficient (Wildman–Crippen LogP) is 3.67. The lowest BCUT2D eigenvalue weighted by Crippen LogP contribution is -2.55. The van der Waals surface area contributed by atoms with Crippen LogP contribution in [0.25, 0.3) is 0 Å². The molecule has 1 atom stereocenters. The van der Waals surface area contributed by atoms with Crippen LogP contribution in [0.3, 0.4) is 0 Å². The highest BCUT2D eigenvalue weighted by Gasteiger charge is 2.29. The minimum atomic E-state index is -0.170. The second-order valence-corrected chi connectivity index (χ2v) is 8.28. The van der Waals surface area contributed by atoms with Gasteiger partial charge < -0.3 is 9.80 Å². The summed E-state index contributed by atoms with van der Waals surface area (Å²) >= 11 is 0. The Morgan fingerprint density at radius 2 is 1.76 bits per heavy atom. The molecule has 0 saturated carbocycles. The molecular weight excluding hydrogens is 365 g/mol. The zero-order valence-electron chi connectivity index (χ0n) is 17.6. The van der Waals surface area contributed by atoms with E-state index in [1.165, 1.54) is 12.8 Å². The fraction of sp³-hybridized carbons (Fsp3) is 0.565. The first kappa shape index (κ1) is 20.1. The second kappa shape index (κ2) is 9.08. The van der Waals surface area contributed by atoms with E-state index in [2.05, 4.69) is 39.6 Å². The third-order valence-corrected chi connectivity index (χ3v) is 6.10. The number of benzene rings is 1. The Morgan fingerprint density at radius 3 is 2.48 bits per heavy atom. The van der Waals surface area contributed by atoms with E-state index in [4.69, 9.17) is 4.98 Å². The molecule has 0 spiro atoms. The van der Waals surface area contributed by atoms with Gasteiger partial charge in [-0.3, -0.25) is 4.90 Å². The van der Waals surface area contributed by atoms with Crippen molar-refractivity contribution in [3.8, 4) is 0 Å². The lowest BCUT2D eigenvalue weighted by atomic mass is 10.0. The minimum absolute atomic E-state index is 0.170. The molecule has 2 aromatic rings. The van der Waals surface area contributed by atoms with Gasteiger partial charge >= 0.3 is 0 Å². The van der Waals surface area contributed by atoms with Crippen LogP contribution in [0.4, 0.5) is 15.9 Å². The summed E-state index contributed by atoms with van der Waals surface area (Å²) in [5.41, 5.74) is 2.18. The second-order valence-electron chi connectivity index (χ2n) is 8.28. The first-order valence-electron chi connectivity index (χ1n) is 11.0. The van der Waals surface area contributed by atoms with Crippen molar-refractivity contribution in [2.24, 2.45) is 0 Å². The van der Waals surface area contributed by atoms with Crippen molar-refractivity contribution in [3.63, 3.8) is 0 Å². The summed E-state index contributed by atoms with van der Waals surface area (Å²) in [6.07, 6.45) is 4.47. The molecule has 29 heavy (non-hydrogen) atoms. The molecule has 3 heterocycles. The standard InChI is InChI=1S/C23H32FN5/c1-3-5-22-25-18(2)16-23(26-22)29-11-4-6-21(17-29)28-14-12-27(13-15-28)20-9-7-19(24)8-10-20/h7-10,16,21H,3-6,11-15,17H2,1-2H3.